The van der Waals surface area contributed by atoms with Gasteiger partial charge in [-0.25, -0.2) is 23.7 Å². The molecule has 4 heterocycles. The van der Waals surface area contributed by atoms with Crippen molar-refractivity contribution in [2.75, 3.05) is 17.7 Å². The van der Waals surface area contributed by atoms with Gasteiger partial charge in [0, 0.05) is 24.9 Å². The van der Waals surface area contributed by atoms with Gasteiger partial charge in [-0.1, -0.05) is 33.8 Å². The van der Waals surface area contributed by atoms with Crippen LogP contribution in [0.3, 0.4) is 0 Å². The number of ether oxygens (including phenoxy) is 1. The minimum absolute atomic E-state index is 0.0642. The number of aromatic nitrogens is 6. The van der Waals surface area contributed by atoms with E-state index in [1.54, 1.807) is 30.0 Å². The Kier molecular flexibility index (Phi) is 12.1. The van der Waals surface area contributed by atoms with Gasteiger partial charge in [0.15, 0.2) is 17.2 Å². The molecule has 0 radical (unpaired) electrons. The Labute approximate surface area is 264 Å². The highest BCUT2D eigenvalue weighted by molar-refractivity contribution is 14.2. The summed E-state index contributed by atoms with van der Waals surface area (Å²) in [7, 11) is 3.38. The van der Waals surface area contributed by atoms with Crippen molar-refractivity contribution in [1.82, 2.24) is 29.1 Å². The van der Waals surface area contributed by atoms with Gasteiger partial charge in [-0.3, -0.25) is 9.02 Å². The summed E-state index contributed by atoms with van der Waals surface area (Å²) in [5.41, 5.74) is 4.12. The number of nitriles is 1. The molecule has 4 aromatic heterocycles. The number of hydrogen-bond acceptors (Lipinski definition) is 8. The first-order valence-electron chi connectivity index (χ1n) is 13.5. The summed E-state index contributed by atoms with van der Waals surface area (Å²) in [6.45, 7) is 9.85. The second-order valence-electron chi connectivity index (χ2n) is 8.46. The molecule has 0 aliphatic heterocycles. The van der Waals surface area contributed by atoms with Crippen molar-refractivity contribution in [2.24, 2.45) is 7.05 Å². The first kappa shape index (κ1) is 33.6. The third kappa shape index (κ3) is 7.55. The largest absolute Gasteiger partial charge is 0.494 e. The van der Waals surface area contributed by atoms with Crippen molar-refractivity contribution in [2.45, 2.75) is 41.0 Å². The van der Waals surface area contributed by atoms with Crippen LogP contribution in [0.15, 0.2) is 48.7 Å². The zero-order chi connectivity index (χ0) is 31.7. The molecule has 0 aliphatic carbocycles. The molecule has 0 saturated carbocycles. The van der Waals surface area contributed by atoms with Crippen LogP contribution in [0.4, 0.5) is 31.8 Å². The van der Waals surface area contributed by atoms with Crippen LogP contribution in [0.2, 0.25) is 0 Å². The SMILES string of the molecule is CC.CC.COc1c(Nc2cc(Nc3cc(C)cc(C#N)n3)nc3c2nc(C(F)F)n3PI)cccc1-c1ccn(C)n1. The molecular weight excluding hydrogens is 686 g/mol. The number of halogens is 3. The van der Waals surface area contributed by atoms with E-state index >= 15 is 0 Å². The molecule has 1 atom stereocenters. The van der Waals surface area contributed by atoms with Gasteiger partial charge >= 0.3 is 0 Å². The van der Waals surface area contributed by atoms with E-state index in [9.17, 15) is 14.0 Å². The van der Waals surface area contributed by atoms with Gasteiger partial charge in [0.1, 0.15) is 28.9 Å². The van der Waals surface area contributed by atoms with E-state index in [0.29, 0.717) is 28.8 Å². The smallest absolute Gasteiger partial charge is 0.295 e. The average Bonchev–Trinajstić information content (AvgIpc) is 3.62. The van der Waals surface area contributed by atoms with Crippen LogP contribution in [0.5, 0.6) is 5.75 Å². The van der Waals surface area contributed by atoms with E-state index < -0.39 is 6.43 Å². The van der Waals surface area contributed by atoms with E-state index in [4.69, 9.17) is 4.74 Å². The maximum atomic E-state index is 13.9. The molecule has 226 valence electrons. The number of alkyl halides is 2. The van der Waals surface area contributed by atoms with Crippen LogP contribution < -0.4 is 15.4 Å². The van der Waals surface area contributed by atoms with Crippen LogP contribution >= 0.6 is 28.4 Å². The number of anilines is 4. The third-order valence-corrected chi connectivity index (χ3v) is 7.80. The molecule has 0 fully saturated rings. The second-order valence-corrected chi connectivity index (χ2v) is 10.5. The number of nitrogens with zero attached hydrogens (tertiary/aromatic N) is 7. The second kappa shape index (κ2) is 15.5. The van der Waals surface area contributed by atoms with Gasteiger partial charge in [-0.15, -0.1) is 0 Å². The molecule has 0 bridgehead atoms. The van der Waals surface area contributed by atoms with E-state index in [1.807, 2.05) is 100 Å². The van der Waals surface area contributed by atoms with E-state index in [-0.39, 0.29) is 29.1 Å². The number of nitrogens with one attached hydrogen (secondary N) is 2. The predicted octanol–water partition coefficient (Wildman–Crippen LogP) is 8.68. The molecule has 1 unspecified atom stereocenters. The first-order valence-corrected chi connectivity index (χ1v) is 17.6. The standard InChI is InChI=1S/C25H21F2IN9OP.2C2H6/c1-13-9-14(12-29)30-19(10-13)32-20-11-18(21-24(33-20)37(39-28)25(34-21)23(26)27)31-17-6-4-5-15(22(17)38-3)16-7-8-36(2)35-16;2*1-2/h4-11,23,39H,1-3H3,(H2,30,31,32,33);2*1-2H3. The van der Waals surface area contributed by atoms with Crippen LogP contribution in [-0.4, -0.2) is 36.2 Å². The summed E-state index contributed by atoms with van der Waals surface area (Å²) in [6, 6.07) is 14.5. The predicted molar refractivity (Wildman–Crippen MR) is 178 cm³/mol. The number of fused-ring (bicyclic) bond motifs is 1. The lowest BCUT2D eigenvalue weighted by Gasteiger charge is -2.16. The average molecular weight is 720 g/mol. The van der Waals surface area contributed by atoms with Crippen LogP contribution in [0, 0.1) is 18.3 Å². The van der Waals surface area contributed by atoms with Crippen LogP contribution in [0.1, 0.15) is 51.2 Å². The van der Waals surface area contributed by atoms with E-state index in [0.717, 1.165) is 16.8 Å². The normalized spacial score (nSPS) is 10.7. The molecule has 0 aliphatic rings. The quantitative estimate of drug-likeness (QED) is 0.121. The molecule has 2 N–H and O–H groups in total. The maximum absolute atomic E-state index is 13.9. The molecule has 5 rings (SSSR count). The Morgan fingerprint density at radius 1 is 1.00 bits per heavy atom. The van der Waals surface area contributed by atoms with Gasteiger partial charge in [-0.2, -0.15) is 10.4 Å². The lowest BCUT2D eigenvalue weighted by atomic mass is 10.1. The molecule has 43 heavy (non-hydrogen) atoms. The summed E-state index contributed by atoms with van der Waals surface area (Å²) in [4.78, 5) is 13.1. The zero-order valence-electron chi connectivity index (χ0n) is 24.9. The Morgan fingerprint density at radius 3 is 2.33 bits per heavy atom. The van der Waals surface area contributed by atoms with Crippen molar-refractivity contribution in [1.29, 1.82) is 5.26 Å². The fourth-order valence-electron chi connectivity index (χ4n) is 4.13. The maximum Gasteiger partial charge on any atom is 0.295 e. The minimum Gasteiger partial charge on any atom is -0.494 e. The number of rotatable bonds is 8. The van der Waals surface area contributed by atoms with Crippen LogP contribution in [0.25, 0.3) is 22.4 Å². The molecule has 1 aromatic carbocycles. The fraction of sp³-hybridized carbons (Fsp3) is 0.276. The molecule has 14 heteroatoms. The molecule has 0 saturated heterocycles. The Balaban J connectivity index is 0.00000121. The lowest BCUT2D eigenvalue weighted by Crippen LogP contribution is -2.02. The molecule has 0 amide bonds. The molecule has 5 aromatic rings. The van der Waals surface area contributed by atoms with Crippen molar-refractivity contribution >= 4 is 62.6 Å². The van der Waals surface area contributed by atoms with Crippen molar-refractivity contribution in [3.05, 3.63) is 65.7 Å². The monoisotopic (exact) mass is 719 g/mol. The molecule has 10 nitrogen and oxygen atoms in total. The number of pyridine rings is 2. The van der Waals surface area contributed by atoms with Crippen molar-refractivity contribution < 1.29 is 13.5 Å². The molecule has 0 spiro atoms. The van der Waals surface area contributed by atoms with Crippen molar-refractivity contribution in [3.63, 3.8) is 0 Å². The number of para-hydroxylation sites is 1. The lowest BCUT2D eigenvalue weighted by molar-refractivity contribution is 0.140. The number of hydrogen-bond donors (Lipinski definition) is 2. The Hall–Kier alpha value is -3.89. The highest BCUT2D eigenvalue weighted by atomic mass is 127. The number of imidazole rings is 1. The van der Waals surface area contributed by atoms with Crippen LogP contribution in [-0.2, 0) is 7.05 Å². The van der Waals surface area contributed by atoms with Gasteiger partial charge < -0.3 is 15.4 Å². The molecular formula is C29H33F2IN9OP. The van der Waals surface area contributed by atoms with E-state index in [1.165, 1.54) is 4.34 Å². The first-order chi connectivity index (χ1) is 20.8. The summed E-state index contributed by atoms with van der Waals surface area (Å²) in [5.74, 6) is 0.888. The Bertz CT molecular complexity index is 1730. The van der Waals surface area contributed by atoms with Crippen molar-refractivity contribution in [3.8, 4) is 23.1 Å². The number of benzene rings is 1. The number of methoxy groups -OCH3 is 1. The Morgan fingerprint density at radius 2 is 1.72 bits per heavy atom. The van der Waals surface area contributed by atoms with E-state index in [2.05, 4.69) is 30.7 Å². The third-order valence-electron chi connectivity index (χ3n) is 5.74. The van der Waals surface area contributed by atoms with Gasteiger partial charge in [-0.05, 0) is 64.9 Å². The highest BCUT2D eigenvalue weighted by Gasteiger charge is 2.23. The van der Waals surface area contributed by atoms with Gasteiger partial charge in [0.2, 0.25) is 0 Å². The zero-order valence-corrected chi connectivity index (χ0v) is 28.0. The van der Waals surface area contributed by atoms with Gasteiger partial charge in [0.25, 0.3) is 6.43 Å². The summed E-state index contributed by atoms with van der Waals surface area (Å²) in [6.07, 6.45) is -1.02. The summed E-state index contributed by atoms with van der Waals surface area (Å²) in [5, 5.41) is 20.2. The minimum atomic E-state index is -2.79. The summed E-state index contributed by atoms with van der Waals surface area (Å²) < 4.78 is 36.7. The highest BCUT2D eigenvalue weighted by Crippen LogP contribution is 2.41. The topological polar surface area (TPSA) is 119 Å². The summed E-state index contributed by atoms with van der Waals surface area (Å²) >= 11 is 2.02. The van der Waals surface area contributed by atoms with Gasteiger partial charge in [0.05, 0.1) is 30.6 Å². The fourth-order valence-corrected chi connectivity index (χ4v) is 6.03. The number of aryl methyl sites for hydroxylation is 2.